The number of amides is 1. The van der Waals surface area contributed by atoms with Crippen LogP contribution in [-0.2, 0) is 0 Å². The molecule has 0 bridgehead atoms. The minimum absolute atomic E-state index is 0.0567. The van der Waals surface area contributed by atoms with Gasteiger partial charge in [-0.25, -0.2) is 9.97 Å². The second-order valence-electron chi connectivity index (χ2n) is 5.96. The van der Waals surface area contributed by atoms with Crippen LogP contribution in [0.5, 0.6) is 0 Å². The van der Waals surface area contributed by atoms with E-state index in [9.17, 15) is 4.79 Å². The molecule has 1 amide bonds. The Morgan fingerprint density at radius 1 is 1.12 bits per heavy atom. The summed E-state index contributed by atoms with van der Waals surface area (Å²) in [7, 11) is 0. The maximum absolute atomic E-state index is 12.6. The molecule has 0 aliphatic carbocycles. The van der Waals surface area contributed by atoms with Gasteiger partial charge in [0.25, 0.3) is 5.91 Å². The van der Waals surface area contributed by atoms with E-state index in [1.807, 2.05) is 47.9 Å². The molecule has 3 rings (SSSR count). The number of aryl methyl sites for hydroxylation is 2. The summed E-state index contributed by atoms with van der Waals surface area (Å²) in [6.07, 6.45) is 0. The van der Waals surface area contributed by atoms with Crippen LogP contribution in [0, 0.1) is 25.2 Å². The average Bonchev–Trinajstić information content (AvgIpc) is 2.60. The van der Waals surface area contributed by atoms with Gasteiger partial charge in [0.15, 0.2) is 0 Å². The molecular weight excluding hydrogens is 302 g/mol. The van der Waals surface area contributed by atoms with Crippen molar-refractivity contribution in [3.8, 4) is 6.07 Å². The zero-order valence-electron chi connectivity index (χ0n) is 13.9. The van der Waals surface area contributed by atoms with E-state index in [1.54, 1.807) is 6.07 Å². The van der Waals surface area contributed by atoms with Crippen molar-refractivity contribution in [2.45, 2.75) is 13.8 Å². The number of rotatable bonds is 2. The maximum Gasteiger partial charge on any atom is 0.253 e. The topological polar surface area (TPSA) is 73.1 Å². The minimum Gasteiger partial charge on any atom is -0.337 e. The summed E-state index contributed by atoms with van der Waals surface area (Å²) in [5, 5.41) is 9.04. The van der Waals surface area contributed by atoms with Crippen molar-refractivity contribution in [3.63, 3.8) is 0 Å². The van der Waals surface area contributed by atoms with Crippen molar-refractivity contribution >= 4 is 11.9 Å². The first-order valence-corrected chi connectivity index (χ1v) is 7.93. The molecular formula is C18H19N5O. The Labute approximate surface area is 141 Å². The second-order valence-corrected chi connectivity index (χ2v) is 5.96. The van der Waals surface area contributed by atoms with Crippen molar-refractivity contribution in [2.75, 3.05) is 31.1 Å². The number of carbonyl (C=O) groups is 1. The first-order valence-electron chi connectivity index (χ1n) is 7.93. The summed E-state index contributed by atoms with van der Waals surface area (Å²) in [6, 6.07) is 11.4. The maximum atomic E-state index is 12.6. The minimum atomic E-state index is 0.0567. The molecule has 2 aromatic rings. The lowest BCUT2D eigenvalue weighted by atomic mass is 10.1. The lowest BCUT2D eigenvalue weighted by molar-refractivity contribution is 0.0746. The molecule has 0 radical (unpaired) electrons. The molecule has 0 saturated carbocycles. The highest BCUT2D eigenvalue weighted by Gasteiger charge is 2.23. The van der Waals surface area contributed by atoms with Gasteiger partial charge in [0.1, 0.15) is 11.8 Å². The van der Waals surface area contributed by atoms with E-state index >= 15 is 0 Å². The summed E-state index contributed by atoms with van der Waals surface area (Å²) in [4.78, 5) is 25.1. The summed E-state index contributed by atoms with van der Waals surface area (Å²) < 4.78 is 0. The van der Waals surface area contributed by atoms with E-state index in [0.717, 1.165) is 16.8 Å². The van der Waals surface area contributed by atoms with E-state index in [1.165, 1.54) is 0 Å². The van der Waals surface area contributed by atoms with Crippen molar-refractivity contribution in [2.24, 2.45) is 0 Å². The number of nitriles is 1. The van der Waals surface area contributed by atoms with Gasteiger partial charge < -0.3 is 9.80 Å². The highest BCUT2D eigenvalue weighted by atomic mass is 16.2. The second kappa shape index (κ2) is 6.67. The first kappa shape index (κ1) is 15.9. The Morgan fingerprint density at radius 2 is 1.88 bits per heavy atom. The molecule has 2 heterocycles. The SMILES string of the molecule is Cc1cccc(C(=O)N2CCN(c3nc(C)cc(C#N)n3)CC2)c1. The van der Waals surface area contributed by atoms with Crippen LogP contribution in [0.2, 0.25) is 0 Å². The molecule has 0 atom stereocenters. The van der Waals surface area contributed by atoms with Crippen LogP contribution in [0.25, 0.3) is 0 Å². The molecule has 1 aliphatic rings. The Morgan fingerprint density at radius 3 is 2.54 bits per heavy atom. The van der Waals surface area contributed by atoms with Crippen LogP contribution in [0.1, 0.15) is 27.3 Å². The number of benzene rings is 1. The highest BCUT2D eigenvalue weighted by molar-refractivity contribution is 5.94. The molecule has 1 aromatic heterocycles. The van der Waals surface area contributed by atoms with E-state index in [0.29, 0.717) is 37.8 Å². The van der Waals surface area contributed by atoms with E-state index in [2.05, 4.69) is 16.0 Å². The van der Waals surface area contributed by atoms with Gasteiger partial charge in [-0.1, -0.05) is 17.7 Å². The number of piperazine rings is 1. The number of hydrogen-bond donors (Lipinski definition) is 0. The summed E-state index contributed by atoms with van der Waals surface area (Å²) in [5.74, 6) is 0.621. The zero-order chi connectivity index (χ0) is 17.1. The lowest BCUT2D eigenvalue weighted by Crippen LogP contribution is -2.49. The smallest absolute Gasteiger partial charge is 0.253 e. The fourth-order valence-electron chi connectivity index (χ4n) is 2.82. The fraction of sp³-hybridized carbons (Fsp3) is 0.333. The molecule has 1 fully saturated rings. The van der Waals surface area contributed by atoms with Crippen LogP contribution >= 0.6 is 0 Å². The predicted molar refractivity (Wildman–Crippen MR) is 90.8 cm³/mol. The number of hydrogen-bond acceptors (Lipinski definition) is 5. The van der Waals surface area contributed by atoms with Crippen LogP contribution in [-0.4, -0.2) is 47.0 Å². The molecule has 6 nitrogen and oxygen atoms in total. The third-order valence-corrected chi connectivity index (χ3v) is 4.07. The largest absolute Gasteiger partial charge is 0.337 e. The summed E-state index contributed by atoms with van der Waals surface area (Å²) in [5.41, 5.74) is 2.95. The number of carbonyl (C=O) groups excluding carboxylic acids is 1. The number of aromatic nitrogens is 2. The van der Waals surface area contributed by atoms with E-state index in [-0.39, 0.29) is 5.91 Å². The molecule has 0 N–H and O–H groups in total. The van der Waals surface area contributed by atoms with Gasteiger partial charge in [-0.3, -0.25) is 4.79 Å². The monoisotopic (exact) mass is 321 g/mol. The molecule has 0 spiro atoms. The quantitative estimate of drug-likeness (QED) is 0.845. The fourth-order valence-corrected chi connectivity index (χ4v) is 2.82. The van der Waals surface area contributed by atoms with Gasteiger partial charge >= 0.3 is 0 Å². The Hall–Kier alpha value is -2.94. The van der Waals surface area contributed by atoms with Crippen LogP contribution in [0.3, 0.4) is 0 Å². The van der Waals surface area contributed by atoms with Crippen molar-refractivity contribution in [1.82, 2.24) is 14.9 Å². The van der Waals surface area contributed by atoms with Crippen LogP contribution in [0.4, 0.5) is 5.95 Å². The third-order valence-electron chi connectivity index (χ3n) is 4.07. The van der Waals surface area contributed by atoms with E-state index in [4.69, 9.17) is 5.26 Å². The lowest BCUT2D eigenvalue weighted by Gasteiger charge is -2.35. The summed E-state index contributed by atoms with van der Waals surface area (Å²) >= 11 is 0. The normalized spacial score (nSPS) is 14.4. The molecule has 1 aromatic carbocycles. The Bertz CT molecular complexity index is 803. The average molecular weight is 321 g/mol. The predicted octanol–water partition coefficient (Wildman–Crippen LogP) is 1.93. The van der Waals surface area contributed by atoms with Gasteiger partial charge in [0.05, 0.1) is 0 Å². The third kappa shape index (κ3) is 3.35. The van der Waals surface area contributed by atoms with Gasteiger partial charge in [-0.15, -0.1) is 0 Å². The number of anilines is 1. The van der Waals surface area contributed by atoms with Gasteiger partial charge in [0.2, 0.25) is 5.95 Å². The van der Waals surface area contributed by atoms with Crippen LogP contribution < -0.4 is 4.90 Å². The van der Waals surface area contributed by atoms with E-state index < -0.39 is 0 Å². The van der Waals surface area contributed by atoms with Crippen molar-refractivity contribution in [3.05, 3.63) is 52.8 Å². The standard InChI is InChI=1S/C18H19N5O/c1-13-4-3-5-15(10-13)17(24)22-6-8-23(9-7-22)18-20-14(2)11-16(12-19)21-18/h3-5,10-11H,6-9H2,1-2H3. The Kier molecular flexibility index (Phi) is 4.43. The van der Waals surface area contributed by atoms with Gasteiger partial charge in [0, 0.05) is 37.4 Å². The first-order chi connectivity index (χ1) is 11.6. The molecule has 24 heavy (non-hydrogen) atoms. The number of nitrogens with zero attached hydrogens (tertiary/aromatic N) is 5. The van der Waals surface area contributed by atoms with Gasteiger partial charge in [-0.05, 0) is 32.0 Å². The molecule has 1 aliphatic heterocycles. The van der Waals surface area contributed by atoms with Crippen molar-refractivity contribution < 1.29 is 4.79 Å². The Balaban J connectivity index is 1.69. The zero-order valence-corrected chi connectivity index (χ0v) is 13.9. The summed E-state index contributed by atoms with van der Waals surface area (Å²) in [6.45, 7) is 6.38. The highest BCUT2D eigenvalue weighted by Crippen LogP contribution is 2.15. The molecule has 6 heteroatoms. The molecule has 122 valence electrons. The molecule has 1 saturated heterocycles. The van der Waals surface area contributed by atoms with Gasteiger partial charge in [-0.2, -0.15) is 5.26 Å². The van der Waals surface area contributed by atoms with Crippen LogP contribution in [0.15, 0.2) is 30.3 Å². The van der Waals surface area contributed by atoms with Crippen molar-refractivity contribution in [1.29, 1.82) is 5.26 Å². The molecule has 0 unspecified atom stereocenters.